The Morgan fingerprint density at radius 1 is 1.41 bits per heavy atom. The van der Waals surface area contributed by atoms with Gasteiger partial charge in [0.15, 0.2) is 10.4 Å². The highest BCUT2D eigenvalue weighted by Crippen LogP contribution is 2.19. The van der Waals surface area contributed by atoms with Crippen LogP contribution in [0.25, 0.3) is 0 Å². The number of amides is 1. The summed E-state index contributed by atoms with van der Waals surface area (Å²) < 4.78 is 5.91. The average molecular weight is 367 g/mol. The highest BCUT2D eigenvalue weighted by molar-refractivity contribution is 9.10. The van der Waals surface area contributed by atoms with E-state index in [1.54, 1.807) is 12.1 Å². The predicted octanol–water partition coefficient (Wildman–Crippen LogP) is 4.07. The third-order valence-electron chi connectivity index (χ3n) is 2.75. The van der Waals surface area contributed by atoms with Gasteiger partial charge in [-0.25, -0.2) is 0 Å². The van der Waals surface area contributed by atoms with Crippen LogP contribution < -0.4 is 0 Å². The molecule has 5 heteroatoms. The van der Waals surface area contributed by atoms with Crippen molar-refractivity contribution in [1.29, 1.82) is 0 Å². The summed E-state index contributed by atoms with van der Waals surface area (Å²) in [4.78, 5) is 14.2. The molecule has 0 aromatic carbocycles. The quantitative estimate of drug-likeness (QED) is 0.711. The smallest absolute Gasteiger partial charge is 0.289 e. The Hall–Kier alpha value is -0.290. The highest BCUT2D eigenvalue weighted by atomic mass is 79.9. The fourth-order valence-corrected chi connectivity index (χ4v) is 2.53. The van der Waals surface area contributed by atoms with Crippen LogP contribution in [0, 0.1) is 0 Å². The second kappa shape index (κ2) is 7.21. The molecule has 0 saturated heterocycles. The van der Waals surface area contributed by atoms with Crippen LogP contribution in [0.1, 0.15) is 37.2 Å². The summed E-state index contributed by atoms with van der Waals surface area (Å²) in [7, 11) is 0. The Kier molecular flexibility index (Phi) is 6.27. The molecule has 0 saturated carbocycles. The molecule has 1 heterocycles. The Labute approximate surface area is 119 Å². The number of rotatable bonds is 6. The number of halogens is 2. The van der Waals surface area contributed by atoms with Gasteiger partial charge in [-0.15, -0.1) is 0 Å². The number of furan rings is 1. The van der Waals surface area contributed by atoms with Gasteiger partial charge in [-0.2, -0.15) is 0 Å². The Morgan fingerprint density at radius 3 is 2.47 bits per heavy atom. The van der Waals surface area contributed by atoms with Crippen molar-refractivity contribution in [3.63, 3.8) is 0 Å². The molecule has 17 heavy (non-hydrogen) atoms. The van der Waals surface area contributed by atoms with E-state index in [-0.39, 0.29) is 11.9 Å². The molecule has 96 valence electrons. The van der Waals surface area contributed by atoms with Crippen LogP contribution in [0.5, 0.6) is 0 Å². The summed E-state index contributed by atoms with van der Waals surface area (Å²) in [5, 5.41) is 0.775. The zero-order chi connectivity index (χ0) is 12.8. The van der Waals surface area contributed by atoms with Gasteiger partial charge in [0, 0.05) is 17.9 Å². The minimum absolute atomic E-state index is 0.0381. The molecule has 1 amide bonds. The summed E-state index contributed by atoms with van der Waals surface area (Å²) in [5.74, 6) is 0.355. The number of carbonyl (C=O) groups is 1. The van der Waals surface area contributed by atoms with Crippen molar-refractivity contribution in [3.8, 4) is 0 Å². The van der Waals surface area contributed by atoms with E-state index in [2.05, 4.69) is 45.7 Å². The van der Waals surface area contributed by atoms with E-state index in [1.807, 2.05) is 4.90 Å². The molecule has 0 fully saturated rings. The third kappa shape index (κ3) is 3.85. The predicted molar refractivity (Wildman–Crippen MR) is 75.6 cm³/mol. The molecule has 0 aliphatic rings. The van der Waals surface area contributed by atoms with Crippen LogP contribution in [0.4, 0.5) is 0 Å². The van der Waals surface area contributed by atoms with Crippen LogP contribution in [0.3, 0.4) is 0 Å². The Morgan fingerprint density at radius 2 is 2.06 bits per heavy atom. The zero-order valence-electron chi connectivity index (χ0n) is 10.1. The highest BCUT2D eigenvalue weighted by Gasteiger charge is 2.23. The molecule has 0 aliphatic carbocycles. The third-order valence-corrected chi connectivity index (χ3v) is 3.53. The number of alkyl halides is 1. The molecule has 0 unspecified atom stereocenters. The van der Waals surface area contributed by atoms with Gasteiger partial charge in [0.25, 0.3) is 5.91 Å². The van der Waals surface area contributed by atoms with Gasteiger partial charge in [-0.05, 0) is 40.9 Å². The van der Waals surface area contributed by atoms with Crippen molar-refractivity contribution in [2.24, 2.45) is 0 Å². The largest absolute Gasteiger partial charge is 0.444 e. The van der Waals surface area contributed by atoms with Crippen molar-refractivity contribution in [2.75, 3.05) is 11.9 Å². The summed E-state index contributed by atoms with van der Waals surface area (Å²) in [5.41, 5.74) is 0. The van der Waals surface area contributed by atoms with Gasteiger partial charge in [0.1, 0.15) is 0 Å². The maximum Gasteiger partial charge on any atom is 0.289 e. The number of hydrogen-bond donors (Lipinski definition) is 0. The summed E-state index contributed by atoms with van der Waals surface area (Å²) in [6.07, 6.45) is 1.91. The van der Waals surface area contributed by atoms with Gasteiger partial charge < -0.3 is 9.32 Å². The molecule has 0 radical (unpaired) electrons. The van der Waals surface area contributed by atoms with E-state index in [4.69, 9.17) is 4.42 Å². The van der Waals surface area contributed by atoms with E-state index in [0.29, 0.717) is 17.0 Å². The fraction of sp³-hybridized carbons (Fsp3) is 0.583. The normalized spacial score (nSPS) is 10.9. The van der Waals surface area contributed by atoms with Gasteiger partial charge >= 0.3 is 0 Å². The lowest BCUT2D eigenvalue weighted by Crippen LogP contribution is -2.40. The minimum atomic E-state index is -0.0381. The van der Waals surface area contributed by atoms with E-state index in [0.717, 1.165) is 18.2 Å². The van der Waals surface area contributed by atoms with E-state index in [9.17, 15) is 4.79 Å². The molecule has 0 bridgehead atoms. The minimum Gasteiger partial charge on any atom is -0.444 e. The Bertz CT molecular complexity index is 361. The standard InChI is InChI=1S/C12H17Br2NO2/c1-3-9(4-2)15(8-7-13)12(16)10-5-6-11(14)17-10/h5-6,9H,3-4,7-8H2,1-2H3. The van der Waals surface area contributed by atoms with Gasteiger partial charge in [0.2, 0.25) is 0 Å². The molecular formula is C12H17Br2NO2. The summed E-state index contributed by atoms with van der Waals surface area (Å²) in [6, 6.07) is 3.71. The Balaban J connectivity index is 2.86. The van der Waals surface area contributed by atoms with Crippen molar-refractivity contribution in [3.05, 3.63) is 22.6 Å². The van der Waals surface area contributed by atoms with Gasteiger partial charge in [-0.1, -0.05) is 29.8 Å². The summed E-state index contributed by atoms with van der Waals surface area (Å²) in [6.45, 7) is 4.89. The fourth-order valence-electron chi connectivity index (χ4n) is 1.84. The first-order chi connectivity index (χ1) is 8.13. The van der Waals surface area contributed by atoms with Crippen molar-refractivity contribution >= 4 is 37.8 Å². The van der Waals surface area contributed by atoms with E-state index < -0.39 is 0 Å². The molecule has 0 spiro atoms. The first-order valence-electron chi connectivity index (χ1n) is 5.76. The molecule has 0 atom stereocenters. The molecule has 0 aliphatic heterocycles. The van der Waals surface area contributed by atoms with Crippen molar-refractivity contribution < 1.29 is 9.21 Å². The lowest BCUT2D eigenvalue weighted by atomic mass is 10.1. The second-order valence-corrected chi connectivity index (χ2v) is 5.34. The zero-order valence-corrected chi connectivity index (χ0v) is 13.3. The van der Waals surface area contributed by atoms with Crippen molar-refractivity contribution in [2.45, 2.75) is 32.7 Å². The van der Waals surface area contributed by atoms with Crippen LogP contribution in [0.2, 0.25) is 0 Å². The first-order valence-corrected chi connectivity index (χ1v) is 7.67. The summed E-state index contributed by atoms with van der Waals surface area (Å²) >= 11 is 6.60. The van der Waals surface area contributed by atoms with Gasteiger partial charge in [-0.3, -0.25) is 4.79 Å². The van der Waals surface area contributed by atoms with Crippen LogP contribution in [-0.2, 0) is 0 Å². The molecule has 0 N–H and O–H groups in total. The lowest BCUT2D eigenvalue weighted by molar-refractivity contribution is 0.0649. The lowest BCUT2D eigenvalue weighted by Gasteiger charge is -2.29. The van der Waals surface area contributed by atoms with Crippen LogP contribution in [-0.4, -0.2) is 28.7 Å². The molecule has 1 aromatic heterocycles. The maximum absolute atomic E-state index is 12.3. The van der Waals surface area contributed by atoms with Crippen LogP contribution in [0.15, 0.2) is 21.2 Å². The molecule has 1 rings (SSSR count). The second-order valence-electron chi connectivity index (χ2n) is 3.76. The van der Waals surface area contributed by atoms with Gasteiger partial charge in [0.05, 0.1) is 0 Å². The molecule has 3 nitrogen and oxygen atoms in total. The average Bonchev–Trinajstić information content (AvgIpc) is 2.75. The first kappa shape index (κ1) is 14.8. The SMILES string of the molecule is CCC(CC)N(CCBr)C(=O)c1ccc(Br)o1. The van der Waals surface area contributed by atoms with E-state index in [1.165, 1.54) is 0 Å². The van der Waals surface area contributed by atoms with Crippen LogP contribution >= 0.6 is 31.9 Å². The monoisotopic (exact) mass is 365 g/mol. The topological polar surface area (TPSA) is 33.5 Å². The number of carbonyl (C=O) groups excluding carboxylic acids is 1. The maximum atomic E-state index is 12.3. The van der Waals surface area contributed by atoms with Crippen molar-refractivity contribution in [1.82, 2.24) is 4.90 Å². The number of hydrogen-bond acceptors (Lipinski definition) is 2. The number of nitrogens with zero attached hydrogens (tertiary/aromatic N) is 1. The molecule has 1 aromatic rings. The van der Waals surface area contributed by atoms with E-state index >= 15 is 0 Å². The molecular weight excluding hydrogens is 350 g/mol.